The van der Waals surface area contributed by atoms with Gasteiger partial charge in [-0.05, 0) is 83.5 Å². The van der Waals surface area contributed by atoms with Gasteiger partial charge in [-0.15, -0.1) is 0 Å². The topological polar surface area (TPSA) is 95.9 Å². The van der Waals surface area contributed by atoms with Gasteiger partial charge in [0.25, 0.3) is 0 Å². The zero-order valence-electron chi connectivity index (χ0n) is 40.8. The minimum absolute atomic E-state index is 0.0710. The van der Waals surface area contributed by atoms with Crippen molar-refractivity contribution in [3.05, 3.63) is 36.5 Å². The minimum Gasteiger partial charge on any atom is -0.462 e. The number of unbranched alkanes of at least 4 members (excludes halogenated alkanes) is 30. The van der Waals surface area contributed by atoms with Gasteiger partial charge in [-0.1, -0.05) is 218 Å². The lowest BCUT2D eigenvalue weighted by Gasteiger charge is -2.24. The average molecular weight is 858 g/mol. The van der Waals surface area contributed by atoms with Gasteiger partial charge in [0.2, 0.25) is 5.91 Å². The molecule has 3 atom stereocenters. The van der Waals surface area contributed by atoms with Crippen molar-refractivity contribution in [3.8, 4) is 0 Å². The van der Waals surface area contributed by atoms with Gasteiger partial charge in [0.05, 0.1) is 25.2 Å². The summed E-state index contributed by atoms with van der Waals surface area (Å²) >= 11 is 0. The molecule has 6 heteroatoms. The van der Waals surface area contributed by atoms with E-state index >= 15 is 0 Å². The molecule has 3 N–H and O–H groups in total. The second-order valence-corrected chi connectivity index (χ2v) is 18.3. The third kappa shape index (κ3) is 44.5. The molecule has 0 fully saturated rings. The Labute approximate surface area is 379 Å². The van der Waals surface area contributed by atoms with Crippen LogP contribution < -0.4 is 5.32 Å². The molecule has 61 heavy (non-hydrogen) atoms. The SMILES string of the molecule is CCCCC/C=C\C/C=C\CCCCCCCCCC(=O)OC(CCCCCCC/C=C\CCCCCC)CC(=O)NC(CO)C(O)CCCCCCCCCCCCCC. The molecule has 0 heterocycles. The predicted molar refractivity (Wildman–Crippen MR) is 264 cm³/mol. The minimum atomic E-state index is -0.789. The van der Waals surface area contributed by atoms with Crippen molar-refractivity contribution in [2.45, 2.75) is 296 Å². The first-order chi connectivity index (χ1) is 30.0. The number of carbonyl (C=O) groups excluding carboxylic acids is 2. The first-order valence-electron chi connectivity index (χ1n) is 26.7. The number of esters is 1. The molecule has 0 rings (SSSR count). The summed E-state index contributed by atoms with van der Waals surface area (Å²) in [6.07, 6.45) is 57.7. The lowest BCUT2D eigenvalue weighted by molar-refractivity contribution is -0.151. The van der Waals surface area contributed by atoms with Crippen LogP contribution in [-0.4, -0.2) is 46.9 Å². The van der Waals surface area contributed by atoms with E-state index in [1.165, 1.54) is 154 Å². The van der Waals surface area contributed by atoms with Gasteiger partial charge in [0.1, 0.15) is 6.10 Å². The van der Waals surface area contributed by atoms with E-state index in [0.717, 1.165) is 77.0 Å². The third-order valence-corrected chi connectivity index (χ3v) is 12.2. The van der Waals surface area contributed by atoms with Gasteiger partial charge in [-0.3, -0.25) is 9.59 Å². The Morgan fingerprint density at radius 1 is 0.475 bits per heavy atom. The Balaban J connectivity index is 4.56. The summed E-state index contributed by atoms with van der Waals surface area (Å²) in [6.45, 7) is 6.45. The summed E-state index contributed by atoms with van der Waals surface area (Å²) in [5, 5.41) is 23.8. The average Bonchev–Trinajstić information content (AvgIpc) is 3.25. The van der Waals surface area contributed by atoms with E-state index in [1.807, 2.05) is 0 Å². The molecule has 0 aromatic carbocycles. The van der Waals surface area contributed by atoms with Crippen LogP contribution in [0.5, 0.6) is 0 Å². The van der Waals surface area contributed by atoms with Crippen LogP contribution in [0, 0.1) is 0 Å². The Morgan fingerprint density at radius 2 is 0.836 bits per heavy atom. The molecular formula is C55H103NO5. The van der Waals surface area contributed by atoms with Gasteiger partial charge in [0, 0.05) is 6.42 Å². The molecule has 0 bridgehead atoms. The van der Waals surface area contributed by atoms with Crippen molar-refractivity contribution >= 4 is 11.9 Å². The molecule has 0 saturated carbocycles. The Morgan fingerprint density at radius 3 is 1.31 bits per heavy atom. The smallest absolute Gasteiger partial charge is 0.306 e. The van der Waals surface area contributed by atoms with Crippen molar-refractivity contribution in [2.24, 2.45) is 0 Å². The van der Waals surface area contributed by atoms with Crippen LogP contribution >= 0.6 is 0 Å². The normalized spacial score (nSPS) is 13.5. The fraction of sp³-hybridized carbons (Fsp3) is 0.855. The molecule has 0 spiro atoms. The number of aliphatic hydroxyl groups excluding tert-OH is 2. The number of hydrogen-bond acceptors (Lipinski definition) is 5. The van der Waals surface area contributed by atoms with E-state index < -0.39 is 18.2 Å². The van der Waals surface area contributed by atoms with Gasteiger partial charge in [-0.25, -0.2) is 0 Å². The molecule has 1 amide bonds. The van der Waals surface area contributed by atoms with Crippen molar-refractivity contribution in [1.82, 2.24) is 5.32 Å². The van der Waals surface area contributed by atoms with Gasteiger partial charge in [-0.2, -0.15) is 0 Å². The highest BCUT2D eigenvalue weighted by Gasteiger charge is 2.24. The maximum Gasteiger partial charge on any atom is 0.306 e. The van der Waals surface area contributed by atoms with Gasteiger partial charge >= 0.3 is 5.97 Å². The number of aliphatic hydroxyl groups is 2. The van der Waals surface area contributed by atoms with E-state index in [-0.39, 0.29) is 24.9 Å². The van der Waals surface area contributed by atoms with E-state index in [9.17, 15) is 19.8 Å². The van der Waals surface area contributed by atoms with E-state index in [1.54, 1.807) is 0 Å². The Hall–Kier alpha value is -1.92. The number of allylic oxidation sites excluding steroid dienone is 6. The monoisotopic (exact) mass is 858 g/mol. The van der Waals surface area contributed by atoms with Crippen LogP contribution in [0.1, 0.15) is 278 Å². The molecular weight excluding hydrogens is 755 g/mol. The van der Waals surface area contributed by atoms with E-state index in [2.05, 4.69) is 62.5 Å². The summed E-state index contributed by atoms with van der Waals surface area (Å²) in [5.74, 6) is -0.482. The third-order valence-electron chi connectivity index (χ3n) is 12.2. The zero-order valence-corrected chi connectivity index (χ0v) is 40.8. The quantitative estimate of drug-likeness (QED) is 0.0322. The molecule has 0 aliphatic heterocycles. The lowest BCUT2D eigenvalue weighted by atomic mass is 10.0. The van der Waals surface area contributed by atoms with E-state index in [0.29, 0.717) is 19.3 Å². The lowest BCUT2D eigenvalue weighted by Crippen LogP contribution is -2.46. The summed E-state index contributed by atoms with van der Waals surface area (Å²) in [6, 6.07) is -0.703. The van der Waals surface area contributed by atoms with Crippen LogP contribution in [0.25, 0.3) is 0 Å². The summed E-state index contributed by atoms with van der Waals surface area (Å²) < 4.78 is 5.94. The first-order valence-corrected chi connectivity index (χ1v) is 26.7. The number of carbonyl (C=O) groups is 2. The van der Waals surface area contributed by atoms with Crippen LogP contribution in [0.15, 0.2) is 36.5 Å². The molecule has 0 saturated heterocycles. The van der Waals surface area contributed by atoms with Crippen LogP contribution in [-0.2, 0) is 14.3 Å². The fourth-order valence-corrected chi connectivity index (χ4v) is 8.10. The molecule has 0 aromatic rings. The summed E-state index contributed by atoms with van der Waals surface area (Å²) in [7, 11) is 0. The molecule has 0 radical (unpaired) electrons. The molecule has 0 aliphatic rings. The van der Waals surface area contributed by atoms with Crippen molar-refractivity contribution in [3.63, 3.8) is 0 Å². The predicted octanol–water partition coefficient (Wildman–Crippen LogP) is 16.1. The van der Waals surface area contributed by atoms with Crippen molar-refractivity contribution < 1.29 is 24.5 Å². The number of nitrogens with one attached hydrogen (secondary N) is 1. The van der Waals surface area contributed by atoms with Crippen LogP contribution in [0.2, 0.25) is 0 Å². The van der Waals surface area contributed by atoms with E-state index in [4.69, 9.17) is 4.74 Å². The molecule has 0 aliphatic carbocycles. The highest BCUT2D eigenvalue weighted by atomic mass is 16.5. The zero-order chi connectivity index (χ0) is 44.5. The van der Waals surface area contributed by atoms with Crippen molar-refractivity contribution in [1.29, 1.82) is 0 Å². The second kappa shape index (κ2) is 49.1. The highest BCUT2D eigenvalue weighted by Crippen LogP contribution is 2.18. The first kappa shape index (κ1) is 59.1. The Bertz CT molecular complexity index is 1010. The maximum absolute atomic E-state index is 13.2. The number of ether oxygens (including phenoxy) is 1. The summed E-state index contributed by atoms with van der Waals surface area (Å²) in [5.41, 5.74) is 0. The molecule has 358 valence electrons. The highest BCUT2D eigenvalue weighted by molar-refractivity contribution is 5.77. The molecule has 0 aromatic heterocycles. The second-order valence-electron chi connectivity index (χ2n) is 18.3. The van der Waals surface area contributed by atoms with Crippen molar-refractivity contribution in [2.75, 3.05) is 6.61 Å². The molecule has 3 unspecified atom stereocenters. The largest absolute Gasteiger partial charge is 0.462 e. The number of rotatable bonds is 48. The van der Waals surface area contributed by atoms with Gasteiger partial charge < -0.3 is 20.3 Å². The number of hydrogen-bond donors (Lipinski definition) is 3. The Kier molecular flexibility index (Phi) is 47.6. The van der Waals surface area contributed by atoms with Crippen LogP contribution in [0.4, 0.5) is 0 Å². The number of amides is 1. The summed E-state index contributed by atoms with van der Waals surface area (Å²) in [4.78, 5) is 26.2. The standard InChI is InChI=1S/C55H103NO5/c1-4-7-10-13-16-19-22-25-26-27-28-30-33-36-39-42-45-48-55(60)61-51(46-43-40-37-34-31-29-23-20-17-14-11-8-5-2)49-54(59)56-52(50-57)53(58)47-44-41-38-35-32-24-21-18-15-12-9-6-3/h16,19-20,23,25-26,51-53,57-58H,4-15,17-18,21-22,24,27-50H2,1-3H3,(H,56,59)/b19-16-,23-20-,26-25-. The maximum atomic E-state index is 13.2. The fourth-order valence-electron chi connectivity index (χ4n) is 8.10. The van der Waals surface area contributed by atoms with Gasteiger partial charge in [0.15, 0.2) is 0 Å². The molecule has 6 nitrogen and oxygen atoms in total. The van der Waals surface area contributed by atoms with Crippen LogP contribution in [0.3, 0.4) is 0 Å².